The molecule has 1 aliphatic rings. The molecule has 1 atom stereocenters. The van der Waals surface area contributed by atoms with Crippen molar-refractivity contribution >= 4 is 40.6 Å². The summed E-state index contributed by atoms with van der Waals surface area (Å²) in [6.07, 6.45) is 1.60. The molecule has 1 aliphatic heterocycles. The molecular formula is C16H23ClN2OS. The number of carbonyl (C=O) groups is 1. The molecular weight excluding hydrogens is 304 g/mol. The maximum Gasteiger partial charge on any atom is 0.224 e. The molecule has 0 aliphatic carbocycles. The highest BCUT2D eigenvalue weighted by molar-refractivity contribution is 7.99. The minimum atomic E-state index is 0.0117. The van der Waals surface area contributed by atoms with Gasteiger partial charge in [0.25, 0.3) is 0 Å². The molecule has 3 nitrogen and oxygen atoms in total. The summed E-state index contributed by atoms with van der Waals surface area (Å²) in [5.74, 6) is 2.30. The highest BCUT2D eigenvalue weighted by Gasteiger charge is 2.28. The van der Waals surface area contributed by atoms with Crippen LogP contribution in [0.2, 0.25) is 5.02 Å². The van der Waals surface area contributed by atoms with Crippen LogP contribution < -0.4 is 10.6 Å². The van der Waals surface area contributed by atoms with Crippen LogP contribution in [0.25, 0.3) is 0 Å². The van der Waals surface area contributed by atoms with Crippen molar-refractivity contribution in [2.24, 2.45) is 5.41 Å². The maximum atomic E-state index is 11.5. The van der Waals surface area contributed by atoms with E-state index in [2.05, 4.69) is 24.5 Å². The lowest BCUT2D eigenvalue weighted by Crippen LogP contribution is -2.35. The number of benzene rings is 1. The number of hydrogen-bond acceptors (Lipinski definition) is 3. The van der Waals surface area contributed by atoms with Crippen molar-refractivity contribution in [3.63, 3.8) is 0 Å². The van der Waals surface area contributed by atoms with Gasteiger partial charge in [0.15, 0.2) is 0 Å². The number of nitrogens with one attached hydrogen (secondary N) is 2. The summed E-state index contributed by atoms with van der Waals surface area (Å²) in [5, 5.41) is 7.09. The third kappa shape index (κ3) is 4.82. The van der Waals surface area contributed by atoms with Crippen LogP contribution >= 0.6 is 23.4 Å². The fraction of sp³-hybridized carbons (Fsp3) is 0.562. The maximum absolute atomic E-state index is 11.5. The average molecular weight is 327 g/mol. The van der Waals surface area contributed by atoms with Gasteiger partial charge in [0, 0.05) is 23.9 Å². The lowest BCUT2D eigenvalue weighted by Gasteiger charge is -2.35. The first-order valence-corrected chi connectivity index (χ1v) is 8.86. The smallest absolute Gasteiger partial charge is 0.224 e. The Bertz CT molecular complexity index is 519. The monoisotopic (exact) mass is 326 g/mol. The van der Waals surface area contributed by atoms with Gasteiger partial charge in [-0.15, -0.1) is 0 Å². The zero-order chi connectivity index (χ0) is 15.5. The molecule has 1 aromatic carbocycles. The van der Waals surface area contributed by atoms with Gasteiger partial charge in [0.1, 0.15) is 0 Å². The second-order valence-corrected chi connectivity index (χ2v) is 7.76. The Morgan fingerprint density at radius 2 is 2.24 bits per heavy atom. The molecule has 5 heteroatoms. The predicted octanol–water partition coefficient (Wildman–Crippen LogP) is 4.63. The van der Waals surface area contributed by atoms with Crippen LogP contribution in [-0.2, 0) is 4.79 Å². The van der Waals surface area contributed by atoms with E-state index in [9.17, 15) is 4.79 Å². The largest absolute Gasteiger partial charge is 0.380 e. The predicted molar refractivity (Wildman–Crippen MR) is 93.5 cm³/mol. The number of amides is 1. The molecule has 0 saturated carbocycles. The molecule has 1 fully saturated rings. The van der Waals surface area contributed by atoms with Gasteiger partial charge in [-0.25, -0.2) is 0 Å². The van der Waals surface area contributed by atoms with Crippen LogP contribution in [0.5, 0.6) is 0 Å². The Morgan fingerprint density at radius 1 is 1.48 bits per heavy atom. The Kier molecular flexibility index (Phi) is 5.44. The average Bonchev–Trinajstić information content (AvgIpc) is 2.41. The molecule has 1 aromatic rings. The minimum Gasteiger partial charge on any atom is -0.380 e. The molecule has 2 rings (SSSR count). The molecule has 1 unspecified atom stereocenters. The van der Waals surface area contributed by atoms with Gasteiger partial charge < -0.3 is 10.6 Å². The van der Waals surface area contributed by atoms with E-state index in [1.54, 1.807) is 0 Å². The Hall–Kier alpha value is -0.870. The van der Waals surface area contributed by atoms with Crippen molar-refractivity contribution in [1.82, 2.24) is 0 Å². The molecule has 0 bridgehead atoms. The van der Waals surface area contributed by atoms with E-state index < -0.39 is 0 Å². The zero-order valence-corrected chi connectivity index (χ0v) is 14.4. The van der Waals surface area contributed by atoms with Crippen molar-refractivity contribution in [3.05, 3.63) is 23.2 Å². The first-order valence-electron chi connectivity index (χ1n) is 7.33. The third-order valence-corrected chi connectivity index (χ3v) is 5.49. The van der Waals surface area contributed by atoms with Gasteiger partial charge in [0.2, 0.25) is 5.91 Å². The van der Waals surface area contributed by atoms with E-state index in [1.807, 2.05) is 36.9 Å². The van der Waals surface area contributed by atoms with Gasteiger partial charge in [-0.05, 0) is 35.8 Å². The molecule has 0 aromatic heterocycles. The van der Waals surface area contributed by atoms with E-state index in [4.69, 9.17) is 11.6 Å². The lowest BCUT2D eigenvalue weighted by molar-refractivity contribution is -0.115. The Labute approximate surface area is 136 Å². The van der Waals surface area contributed by atoms with Crippen molar-refractivity contribution < 1.29 is 4.79 Å². The summed E-state index contributed by atoms with van der Waals surface area (Å²) < 4.78 is 0. The van der Waals surface area contributed by atoms with Gasteiger partial charge in [0.05, 0.1) is 10.7 Å². The summed E-state index contributed by atoms with van der Waals surface area (Å²) in [6, 6.07) is 5.99. The van der Waals surface area contributed by atoms with Crippen LogP contribution in [0, 0.1) is 5.41 Å². The van der Waals surface area contributed by atoms with Crippen LogP contribution in [0.1, 0.15) is 33.6 Å². The van der Waals surface area contributed by atoms with E-state index in [-0.39, 0.29) is 5.91 Å². The van der Waals surface area contributed by atoms with E-state index in [0.29, 0.717) is 22.9 Å². The second-order valence-electron chi connectivity index (χ2n) is 6.32. The zero-order valence-electron chi connectivity index (χ0n) is 12.8. The number of anilines is 2. The lowest BCUT2D eigenvalue weighted by atomic mass is 9.88. The van der Waals surface area contributed by atoms with Gasteiger partial charge >= 0.3 is 0 Å². The normalized spacial score (nSPS) is 20.9. The SMILES string of the molecule is CCC(=O)Nc1ccc(Cl)c(NC2CSCC(C)(C)C2)c1. The number of hydrogen-bond donors (Lipinski definition) is 2. The molecule has 1 heterocycles. The molecule has 116 valence electrons. The van der Waals surface area contributed by atoms with Crippen molar-refractivity contribution in [1.29, 1.82) is 0 Å². The van der Waals surface area contributed by atoms with Crippen LogP contribution in [0.3, 0.4) is 0 Å². The van der Waals surface area contributed by atoms with Crippen LogP contribution in [0.15, 0.2) is 18.2 Å². The summed E-state index contributed by atoms with van der Waals surface area (Å²) in [5.41, 5.74) is 2.03. The van der Waals surface area contributed by atoms with E-state index >= 15 is 0 Å². The topological polar surface area (TPSA) is 41.1 Å². The molecule has 0 radical (unpaired) electrons. The first-order chi connectivity index (χ1) is 9.89. The summed E-state index contributed by atoms with van der Waals surface area (Å²) in [7, 11) is 0. The molecule has 2 N–H and O–H groups in total. The van der Waals surface area contributed by atoms with Gasteiger partial charge in [-0.1, -0.05) is 32.4 Å². The van der Waals surface area contributed by atoms with Gasteiger partial charge in [-0.2, -0.15) is 11.8 Å². The Balaban J connectivity index is 2.08. The standard InChI is InChI=1S/C16H23ClN2OS/c1-4-15(20)19-11-5-6-13(17)14(7-11)18-12-8-16(2,3)10-21-9-12/h5-7,12,18H,4,8-10H2,1-3H3,(H,19,20). The summed E-state index contributed by atoms with van der Waals surface area (Å²) >= 11 is 8.25. The number of carbonyl (C=O) groups excluding carboxylic acids is 1. The molecule has 1 saturated heterocycles. The molecule has 0 spiro atoms. The fourth-order valence-corrected chi connectivity index (χ4v) is 3.98. The minimum absolute atomic E-state index is 0.0117. The molecule has 1 amide bonds. The number of halogens is 1. The number of thioether (sulfide) groups is 1. The second kappa shape index (κ2) is 6.93. The summed E-state index contributed by atoms with van der Waals surface area (Å²) in [4.78, 5) is 11.5. The van der Waals surface area contributed by atoms with Crippen LogP contribution in [0.4, 0.5) is 11.4 Å². The van der Waals surface area contributed by atoms with Crippen molar-refractivity contribution in [2.45, 2.75) is 39.7 Å². The highest BCUT2D eigenvalue weighted by atomic mass is 35.5. The fourth-order valence-electron chi connectivity index (χ4n) is 2.54. The van der Waals surface area contributed by atoms with E-state index in [1.165, 1.54) is 5.75 Å². The first kappa shape index (κ1) is 16.5. The molecule has 21 heavy (non-hydrogen) atoms. The van der Waals surface area contributed by atoms with Gasteiger partial charge in [-0.3, -0.25) is 4.79 Å². The van der Waals surface area contributed by atoms with Crippen molar-refractivity contribution in [3.8, 4) is 0 Å². The quantitative estimate of drug-likeness (QED) is 0.847. The highest BCUT2D eigenvalue weighted by Crippen LogP contribution is 2.36. The van der Waals surface area contributed by atoms with Crippen LogP contribution in [-0.4, -0.2) is 23.5 Å². The van der Waals surface area contributed by atoms with Crippen molar-refractivity contribution in [2.75, 3.05) is 22.1 Å². The number of rotatable bonds is 4. The Morgan fingerprint density at radius 3 is 2.90 bits per heavy atom. The van der Waals surface area contributed by atoms with E-state index in [0.717, 1.165) is 23.5 Å². The summed E-state index contributed by atoms with van der Waals surface area (Å²) in [6.45, 7) is 6.44. The third-order valence-electron chi connectivity index (χ3n) is 3.54.